The Labute approximate surface area is 421 Å². The molecule has 0 atom stereocenters. The summed E-state index contributed by atoms with van der Waals surface area (Å²) in [4.78, 5) is 41.5. The van der Waals surface area contributed by atoms with Crippen LogP contribution in [0.5, 0.6) is 0 Å². The summed E-state index contributed by atoms with van der Waals surface area (Å²) in [5.74, 6) is -1.39. The lowest BCUT2D eigenvalue weighted by Gasteiger charge is -2.14. The Morgan fingerprint density at radius 1 is 0.586 bits per heavy atom. The molecule has 8 rings (SSSR count). The van der Waals surface area contributed by atoms with Gasteiger partial charge in [0.2, 0.25) is 0 Å². The third-order valence-corrected chi connectivity index (χ3v) is 10.2. The van der Waals surface area contributed by atoms with E-state index in [-0.39, 0.29) is 52.9 Å². The number of hydrogen-bond acceptors (Lipinski definition) is 11. The molecule has 6 N–H and O–H groups in total. The number of carboxylic acids is 1. The van der Waals surface area contributed by atoms with E-state index in [1.807, 2.05) is 42.5 Å². The quantitative estimate of drug-likeness (QED) is 0.0607. The molecule has 0 aliphatic carbocycles. The highest BCUT2D eigenvalue weighted by molar-refractivity contribution is 14.0. The molecule has 0 bridgehead atoms. The summed E-state index contributed by atoms with van der Waals surface area (Å²) in [5.41, 5.74) is 12.7. The molecule has 13 nitrogen and oxygen atoms in total. The van der Waals surface area contributed by atoms with Crippen molar-refractivity contribution in [1.82, 2.24) is 25.3 Å². The number of aromatic nitrogens is 4. The predicted molar refractivity (Wildman–Crippen MR) is 276 cm³/mol. The van der Waals surface area contributed by atoms with Crippen LogP contribution in [-0.2, 0) is 25.9 Å². The van der Waals surface area contributed by atoms with Crippen molar-refractivity contribution in [2.75, 3.05) is 23.7 Å². The largest absolute Gasteiger partial charge is 0.478 e. The first-order valence-electron chi connectivity index (χ1n) is 21.6. The molecule has 0 unspecified atom stereocenters. The topological polar surface area (TPSA) is 216 Å². The fourth-order valence-electron chi connectivity index (χ4n) is 6.79. The lowest BCUT2D eigenvalue weighted by molar-refractivity contribution is 0.0697. The molecule has 70 heavy (non-hydrogen) atoms. The van der Waals surface area contributed by atoms with Crippen LogP contribution in [0.15, 0.2) is 170 Å². The summed E-state index contributed by atoms with van der Waals surface area (Å²) in [6.45, 7) is 1.74. The molecule has 16 heteroatoms. The summed E-state index contributed by atoms with van der Waals surface area (Å²) in [5, 5.41) is 37.3. The van der Waals surface area contributed by atoms with Crippen molar-refractivity contribution in [2.24, 2.45) is 5.73 Å². The molecule has 0 saturated heterocycles. The molecule has 0 aliphatic heterocycles. The van der Waals surface area contributed by atoms with Gasteiger partial charge < -0.3 is 26.8 Å². The Bertz CT molecular complexity index is 3080. The van der Waals surface area contributed by atoms with E-state index in [2.05, 4.69) is 48.0 Å². The zero-order valence-corrected chi connectivity index (χ0v) is 39.9. The second kappa shape index (κ2) is 27.4. The van der Waals surface area contributed by atoms with Gasteiger partial charge in [-0.25, -0.2) is 23.5 Å². The average Bonchev–Trinajstić information content (AvgIpc) is 3.38. The van der Waals surface area contributed by atoms with Crippen LogP contribution < -0.4 is 21.7 Å². The highest BCUT2D eigenvalue weighted by Crippen LogP contribution is 2.27. The number of halogens is 3. The van der Waals surface area contributed by atoms with Gasteiger partial charge in [0.1, 0.15) is 28.8 Å². The van der Waals surface area contributed by atoms with E-state index in [9.17, 15) is 34.0 Å². The maximum Gasteiger partial charge on any atom is 0.339 e. The zero-order valence-electron chi connectivity index (χ0n) is 37.6. The number of anilines is 2. The van der Waals surface area contributed by atoms with Crippen molar-refractivity contribution in [1.29, 1.82) is 10.5 Å². The van der Waals surface area contributed by atoms with E-state index in [1.54, 1.807) is 97.6 Å². The second-order valence-electron chi connectivity index (χ2n) is 15.0. The van der Waals surface area contributed by atoms with E-state index in [0.717, 1.165) is 22.3 Å². The Morgan fingerprint density at radius 2 is 1.06 bits per heavy atom. The van der Waals surface area contributed by atoms with Crippen molar-refractivity contribution < 1.29 is 23.5 Å². The number of nitrogens with one attached hydrogen (secondary N) is 3. The Kier molecular flexibility index (Phi) is 20.5. The van der Waals surface area contributed by atoms with Gasteiger partial charge in [0.15, 0.2) is 0 Å². The summed E-state index contributed by atoms with van der Waals surface area (Å²) >= 11 is 0. The molecule has 8 aromatic rings. The molecule has 0 aliphatic rings. The van der Waals surface area contributed by atoms with Crippen molar-refractivity contribution in [2.45, 2.75) is 25.9 Å². The number of amides is 1. The van der Waals surface area contributed by atoms with Crippen LogP contribution in [0.3, 0.4) is 0 Å². The minimum atomic E-state index is -1.10. The minimum absolute atomic E-state index is 0. The van der Waals surface area contributed by atoms with Crippen molar-refractivity contribution >= 4 is 47.5 Å². The van der Waals surface area contributed by atoms with Crippen molar-refractivity contribution in [3.8, 4) is 34.7 Å². The molecule has 4 aromatic carbocycles. The van der Waals surface area contributed by atoms with Crippen molar-refractivity contribution in [3.05, 3.63) is 227 Å². The number of carbonyl (C=O) groups is 2. The average molecular weight is 1050 g/mol. The van der Waals surface area contributed by atoms with Crippen LogP contribution in [0.4, 0.5) is 20.4 Å². The number of nitrogens with zero attached hydrogens (tertiary/aromatic N) is 6. The number of aromatic carboxylic acids is 1. The number of hydrogen-bond donors (Lipinski definition) is 5. The lowest BCUT2D eigenvalue weighted by atomic mass is 10.0. The number of carbonyl (C=O) groups excluding carboxylic acids is 1. The predicted octanol–water partition coefficient (Wildman–Crippen LogP) is 10.0. The van der Waals surface area contributed by atoms with Gasteiger partial charge in [0, 0.05) is 62.1 Å². The number of rotatable bonds is 15. The van der Waals surface area contributed by atoms with Gasteiger partial charge in [0.25, 0.3) is 5.91 Å². The van der Waals surface area contributed by atoms with E-state index in [1.165, 1.54) is 30.3 Å². The van der Waals surface area contributed by atoms with Crippen LogP contribution in [0.1, 0.15) is 54.1 Å². The molecule has 1 amide bonds. The first-order valence-corrected chi connectivity index (χ1v) is 21.6. The molecular weight excluding hydrogens is 1000 g/mol. The SMILES string of the molecule is I.N#Cc1ccccc1-c1ccc(C(=O)NCc2cccnc2)c(NCCc2cccc(F)c2)n1.N#Cc1ccccc1-c1ccc(C(=O)O)c(NCCc2cccc(F)c2)n1.NCc1cccnc1. The number of carboxylic acid groups (broad SMARTS) is 1. The highest BCUT2D eigenvalue weighted by Gasteiger charge is 2.17. The van der Waals surface area contributed by atoms with E-state index in [4.69, 9.17) is 5.73 Å². The lowest BCUT2D eigenvalue weighted by Crippen LogP contribution is -2.25. The van der Waals surface area contributed by atoms with Gasteiger partial charge in [0.05, 0.1) is 40.2 Å². The number of nitriles is 2. The molecule has 0 spiro atoms. The summed E-state index contributed by atoms with van der Waals surface area (Å²) in [7, 11) is 0. The van der Waals surface area contributed by atoms with Gasteiger partial charge >= 0.3 is 5.97 Å². The first kappa shape index (κ1) is 52.5. The fourth-order valence-corrected chi connectivity index (χ4v) is 6.79. The summed E-state index contributed by atoms with van der Waals surface area (Å²) in [6.07, 6.45) is 7.93. The zero-order chi connectivity index (χ0) is 48.8. The monoisotopic (exact) mass is 1050 g/mol. The van der Waals surface area contributed by atoms with Crippen molar-refractivity contribution in [3.63, 3.8) is 0 Å². The van der Waals surface area contributed by atoms with Crippen LogP contribution in [0.2, 0.25) is 0 Å². The van der Waals surface area contributed by atoms with Crippen LogP contribution >= 0.6 is 24.0 Å². The number of nitrogens with two attached hydrogens (primary N) is 1. The molecule has 352 valence electrons. The molecule has 0 saturated carbocycles. The normalized spacial score (nSPS) is 10.0. The standard InChI is InChI=1S/C27H22FN5O.C21H16FN3O2.C6H8N2.HI/c28-22-8-3-5-19(15-22)12-14-31-26-24(27(34)32-18-20-6-4-13-30-17-20)10-11-25(33-26)23-9-2-1-7-21(23)16-29;22-16-6-3-4-14(12-16)10-11-24-20-18(21(26)27)8-9-19(25-20)17-7-2-1-5-15(17)13-23;7-4-6-2-1-3-8-5-6;/h1-11,13,15,17H,12,14,18H2,(H,31,33)(H,32,34);1-9,12H,10-11H2,(H,24,25)(H,26,27);1-3,5H,4,7H2;1H. The van der Waals surface area contributed by atoms with Gasteiger partial charge in [-0.15, -0.1) is 24.0 Å². The third kappa shape index (κ3) is 15.6. The smallest absolute Gasteiger partial charge is 0.339 e. The van der Waals surface area contributed by atoms with Crippen LogP contribution in [-0.4, -0.2) is 50.0 Å². The summed E-state index contributed by atoms with van der Waals surface area (Å²) in [6, 6.07) is 45.1. The van der Waals surface area contributed by atoms with E-state index >= 15 is 0 Å². The maximum atomic E-state index is 13.5. The Morgan fingerprint density at radius 3 is 1.50 bits per heavy atom. The molecule has 0 fully saturated rings. The fraction of sp³-hybridized carbons (Fsp3) is 0.111. The number of benzene rings is 4. The summed E-state index contributed by atoms with van der Waals surface area (Å²) < 4.78 is 26.8. The highest BCUT2D eigenvalue weighted by atomic mass is 127. The third-order valence-electron chi connectivity index (χ3n) is 10.2. The van der Waals surface area contributed by atoms with Gasteiger partial charge in [-0.1, -0.05) is 72.8 Å². The van der Waals surface area contributed by atoms with Gasteiger partial charge in [-0.3, -0.25) is 14.8 Å². The second-order valence-corrected chi connectivity index (χ2v) is 15.0. The molecular formula is C54H47F2IN10O3. The molecule has 4 heterocycles. The molecule has 4 aromatic heterocycles. The Balaban J connectivity index is 0.000000226. The number of pyridine rings is 4. The van der Waals surface area contributed by atoms with E-state index < -0.39 is 5.97 Å². The molecule has 0 radical (unpaired) electrons. The van der Waals surface area contributed by atoms with Gasteiger partial charge in [-0.05, 0) is 108 Å². The maximum absolute atomic E-state index is 13.5. The van der Waals surface area contributed by atoms with Crippen LogP contribution in [0, 0.1) is 34.3 Å². The minimum Gasteiger partial charge on any atom is -0.478 e. The Hall–Kier alpha value is -8.45. The van der Waals surface area contributed by atoms with E-state index in [0.29, 0.717) is 84.0 Å². The van der Waals surface area contributed by atoms with Gasteiger partial charge in [-0.2, -0.15) is 10.5 Å². The van der Waals surface area contributed by atoms with Crippen LogP contribution in [0.25, 0.3) is 22.5 Å². The first-order chi connectivity index (χ1) is 33.6.